The first kappa shape index (κ1) is 8.21. The summed E-state index contributed by atoms with van der Waals surface area (Å²) in [6, 6.07) is 6.23. The second-order valence-corrected chi connectivity index (χ2v) is 2.84. The third-order valence-electron chi connectivity index (χ3n) is 1.58. The Morgan fingerprint density at radius 3 is 2.91 bits per heavy atom. The molecule has 2 nitrogen and oxygen atoms in total. The van der Waals surface area contributed by atoms with Crippen LogP contribution in [0.4, 0.5) is 0 Å². The highest BCUT2D eigenvalue weighted by Crippen LogP contribution is 1.99. The number of hydrogen-bond acceptors (Lipinski definition) is 2. The van der Waals surface area contributed by atoms with Gasteiger partial charge >= 0.3 is 0 Å². The van der Waals surface area contributed by atoms with Gasteiger partial charge in [-0.2, -0.15) is 0 Å². The Labute approximate surface area is 67.5 Å². The van der Waals surface area contributed by atoms with Crippen LogP contribution in [0.5, 0.6) is 0 Å². The van der Waals surface area contributed by atoms with E-state index in [9.17, 15) is 0 Å². The summed E-state index contributed by atoms with van der Waals surface area (Å²) in [4.78, 5) is 4.20. The number of nitrogens with two attached hydrogens (primary N) is 1. The van der Waals surface area contributed by atoms with Crippen molar-refractivity contribution in [1.82, 2.24) is 4.98 Å². The van der Waals surface area contributed by atoms with Gasteiger partial charge in [-0.1, -0.05) is 6.07 Å². The van der Waals surface area contributed by atoms with Gasteiger partial charge in [0.2, 0.25) is 0 Å². The molecule has 0 radical (unpaired) electrons. The highest BCUT2D eigenvalue weighted by molar-refractivity contribution is 5.03. The summed E-state index contributed by atoms with van der Waals surface area (Å²) in [6.07, 6.45) is 3.81. The van der Waals surface area contributed by atoms with Gasteiger partial charge in [0.15, 0.2) is 0 Å². The predicted octanol–water partition coefficient (Wildman–Crippen LogP) is 1.36. The molecule has 0 aromatic carbocycles. The Balaban J connectivity index is 2.39. The lowest BCUT2D eigenvalue weighted by Crippen LogP contribution is -2.15. The molecule has 0 aliphatic rings. The fourth-order valence-corrected chi connectivity index (χ4v) is 0.922. The highest BCUT2D eigenvalue weighted by Gasteiger charge is 1.95. The van der Waals surface area contributed by atoms with E-state index in [-0.39, 0.29) is 6.04 Å². The molecule has 0 aliphatic heterocycles. The van der Waals surface area contributed by atoms with Crippen molar-refractivity contribution < 1.29 is 0 Å². The Morgan fingerprint density at radius 2 is 2.36 bits per heavy atom. The van der Waals surface area contributed by atoms with Crippen LogP contribution in [0.15, 0.2) is 24.4 Å². The van der Waals surface area contributed by atoms with E-state index in [1.165, 1.54) is 0 Å². The molecule has 11 heavy (non-hydrogen) atoms. The molecule has 0 aliphatic carbocycles. The van der Waals surface area contributed by atoms with Crippen LogP contribution < -0.4 is 5.73 Å². The Kier molecular flexibility index (Phi) is 3.05. The first-order valence-electron chi connectivity index (χ1n) is 3.94. The van der Waals surface area contributed by atoms with Crippen molar-refractivity contribution in [2.24, 2.45) is 5.73 Å². The van der Waals surface area contributed by atoms with Crippen molar-refractivity contribution in [3.8, 4) is 0 Å². The van der Waals surface area contributed by atoms with Gasteiger partial charge in [-0.05, 0) is 31.9 Å². The minimum absolute atomic E-state index is 0.275. The van der Waals surface area contributed by atoms with Crippen LogP contribution in [0.25, 0.3) is 0 Å². The zero-order chi connectivity index (χ0) is 8.10. The zero-order valence-electron chi connectivity index (χ0n) is 6.83. The third-order valence-corrected chi connectivity index (χ3v) is 1.58. The van der Waals surface area contributed by atoms with Gasteiger partial charge in [0, 0.05) is 17.9 Å². The summed E-state index contributed by atoms with van der Waals surface area (Å²) in [7, 11) is 0. The van der Waals surface area contributed by atoms with E-state index in [4.69, 9.17) is 5.73 Å². The van der Waals surface area contributed by atoms with Gasteiger partial charge in [-0.15, -0.1) is 0 Å². The number of pyridine rings is 1. The van der Waals surface area contributed by atoms with Crippen LogP contribution >= 0.6 is 0 Å². The van der Waals surface area contributed by atoms with Crippen LogP contribution in [-0.4, -0.2) is 11.0 Å². The summed E-state index contributed by atoms with van der Waals surface area (Å²) >= 11 is 0. The lowest BCUT2D eigenvalue weighted by Gasteiger charge is -2.02. The predicted molar refractivity (Wildman–Crippen MR) is 46.2 cm³/mol. The molecule has 1 aromatic rings. The molecule has 1 heterocycles. The van der Waals surface area contributed by atoms with Crippen LogP contribution in [0, 0.1) is 0 Å². The van der Waals surface area contributed by atoms with Crippen LogP contribution in [0.1, 0.15) is 19.0 Å². The fraction of sp³-hybridized carbons (Fsp3) is 0.444. The number of nitrogens with zero attached hydrogens (tertiary/aromatic N) is 1. The first-order chi connectivity index (χ1) is 5.29. The smallest absolute Gasteiger partial charge is 0.0404 e. The molecule has 60 valence electrons. The molecular formula is C9H14N2. The van der Waals surface area contributed by atoms with Crippen molar-refractivity contribution in [2.75, 3.05) is 0 Å². The number of aromatic nitrogens is 1. The second kappa shape index (κ2) is 4.09. The van der Waals surface area contributed by atoms with Gasteiger partial charge < -0.3 is 5.73 Å². The number of rotatable bonds is 3. The van der Waals surface area contributed by atoms with E-state index >= 15 is 0 Å². The maximum Gasteiger partial charge on any atom is 0.0404 e. The summed E-state index contributed by atoms with van der Waals surface area (Å²) in [5.41, 5.74) is 6.74. The zero-order valence-corrected chi connectivity index (χ0v) is 6.83. The minimum Gasteiger partial charge on any atom is -0.328 e. The molecule has 0 unspecified atom stereocenters. The molecular weight excluding hydrogens is 136 g/mol. The number of hydrogen-bond donors (Lipinski definition) is 1. The molecule has 0 spiro atoms. The molecule has 0 amide bonds. The van der Waals surface area contributed by atoms with Crippen LogP contribution in [0.2, 0.25) is 0 Å². The van der Waals surface area contributed by atoms with Crippen LogP contribution in [0.3, 0.4) is 0 Å². The van der Waals surface area contributed by atoms with Gasteiger partial charge in [0.1, 0.15) is 0 Å². The average molecular weight is 150 g/mol. The van der Waals surface area contributed by atoms with E-state index in [0.717, 1.165) is 18.5 Å². The maximum atomic E-state index is 5.61. The van der Waals surface area contributed by atoms with E-state index in [1.54, 1.807) is 0 Å². The van der Waals surface area contributed by atoms with Gasteiger partial charge in [-0.25, -0.2) is 0 Å². The molecule has 0 saturated carbocycles. The largest absolute Gasteiger partial charge is 0.328 e. The summed E-state index contributed by atoms with van der Waals surface area (Å²) in [5.74, 6) is 0. The molecule has 1 atom stereocenters. The third kappa shape index (κ3) is 3.14. The Morgan fingerprint density at radius 1 is 1.55 bits per heavy atom. The summed E-state index contributed by atoms with van der Waals surface area (Å²) in [5, 5.41) is 0. The highest BCUT2D eigenvalue weighted by atomic mass is 14.7. The van der Waals surface area contributed by atoms with Crippen molar-refractivity contribution in [3.05, 3.63) is 30.1 Å². The van der Waals surface area contributed by atoms with Crippen LogP contribution in [-0.2, 0) is 6.42 Å². The first-order valence-corrected chi connectivity index (χ1v) is 3.94. The van der Waals surface area contributed by atoms with Gasteiger partial charge in [0.25, 0.3) is 0 Å². The molecule has 1 aromatic heterocycles. The van der Waals surface area contributed by atoms with Gasteiger partial charge in [-0.3, -0.25) is 4.98 Å². The second-order valence-electron chi connectivity index (χ2n) is 2.84. The Bertz CT molecular complexity index is 194. The fourth-order valence-electron chi connectivity index (χ4n) is 0.922. The van der Waals surface area contributed by atoms with E-state index in [2.05, 4.69) is 4.98 Å². The summed E-state index contributed by atoms with van der Waals surface area (Å²) < 4.78 is 0. The summed E-state index contributed by atoms with van der Waals surface area (Å²) in [6.45, 7) is 2.02. The minimum atomic E-state index is 0.275. The monoisotopic (exact) mass is 150 g/mol. The lowest BCUT2D eigenvalue weighted by molar-refractivity contribution is 0.658. The molecule has 1 rings (SSSR count). The SMILES string of the molecule is C[C@@H](N)CCc1ccccn1. The molecule has 0 fully saturated rings. The average Bonchev–Trinajstić information content (AvgIpc) is 2.03. The molecule has 2 N–H and O–H groups in total. The number of aryl methyl sites for hydroxylation is 1. The lowest BCUT2D eigenvalue weighted by atomic mass is 10.1. The van der Waals surface area contributed by atoms with Crippen molar-refractivity contribution in [1.29, 1.82) is 0 Å². The topological polar surface area (TPSA) is 38.9 Å². The van der Waals surface area contributed by atoms with E-state index in [0.29, 0.717) is 0 Å². The van der Waals surface area contributed by atoms with Crippen molar-refractivity contribution >= 4 is 0 Å². The van der Waals surface area contributed by atoms with E-state index < -0.39 is 0 Å². The Hall–Kier alpha value is -0.890. The van der Waals surface area contributed by atoms with Gasteiger partial charge in [0.05, 0.1) is 0 Å². The molecule has 0 saturated heterocycles. The van der Waals surface area contributed by atoms with E-state index in [1.807, 2.05) is 31.3 Å². The van der Waals surface area contributed by atoms with Crippen molar-refractivity contribution in [3.63, 3.8) is 0 Å². The molecule has 0 bridgehead atoms. The molecule has 2 heteroatoms. The maximum absolute atomic E-state index is 5.61. The van der Waals surface area contributed by atoms with Crippen molar-refractivity contribution in [2.45, 2.75) is 25.8 Å². The quantitative estimate of drug-likeness (QED) is 0.706. The standard InChI is InChI=1S/C9H14N2/c1-8(10)5-6-9-4-2-3-7-11-9/h2-4,7-8H,5-6,10H2,1H3/t8-/m1/s1. The normalized spacial score (nSPS) is 12.9.